The highest BCUT2D eigenvalue weighted by Gasteiger charge is 2.15. The number of aromatic nitrogens is 3. The Morgan fingerprint density at radius 2 is 2.12 bits per heavy atom. The number of hydrazine groups is 1. The second-order valence-corrected chi connectivity index (χ2v) is 4.75. The maximum atomic E-state index is 11.8. The molecular weight excluding hydrogens is 244 g/mol. The van der Waals surface area contributed by atoms with Gasteiger partial charge in [0, 0.05) is 18.6 Å². The summed E-state index contributed by atoms with van der Waals surface area (Å²) in [6.45, 7) is 0. The summed E-state index contributed by atoms with van der Waals surface area (Å²) in [7, 11) is -3.68. The van der Waals surface area contributed by atoms with E-state index in [1.807, 2.05) is 0 Å². The lowest BCUT2D eigenvalue weighted by molar-refractivity contribution is 0.600. The summed E-state index contributed by atoms with van der Waals surface area (Å²) in [5.41, 5.74) is 2.31. The number of nitrogen functional groups attached to an aromatic ring is 1. The van der Waals surface area contributed by atoms with Gasteiger partial charge in [-0.25, -0.2) is 29.0 Å². The quantitative estimate of drug-likeness (QED) is 0.445. The Labute approximate surface area is 97.3 Å². The van der Waals surface area contributed by atoms with Crippen molar-refractivity contribution in [3.63, 3.8) is 0 Å². The molecule has 0 aliphatic heterocycles. The third-order valence-corrected chi connectivity index (χ3v) is 3.25. The monoisotopic (exact) mass is 254 g/mol. The number of hydrogen-bond acceptors (Lipinski definition) is 6. The van der Waals surface area contributed by atoms with E-state index < -0.39 is 10.0 Å². The number of nitrogens with one attached hydrogen (secondary N) is 3. The van der Waals surface area contributed by atoms with Gasteiger partial charge in [-0.3, -0.25) is 0 Å². The van der Waals surface area contributed by atoms with Crippen molar-refractivity contribution in [2.45, 2.75) is 4.90 Å². The predicted molar refractivity (Wildman–Crippen MR) is 61.4 cm³/mol. The lowest BCUT2D eigenvalue weighted by Gasteiger charge is -2.05. The average molecular weight is 254 g/mol. The van der Waals surface area contributed by atoms with Crippen molar-refractivity contribution in [2.75, 3.05) is 10.1 Å². The van der Waals surface area contributed by atoms with Crippen molar-refractivity contribution in [1.29, 1.82) is 0 Å². The van der Waals surface area contributed by atoms with E-state index in [-0.39, 0.29) is 10.8 Å². The van der Waals surface area contributed by atoms with Gasteiger partial charge in [0.25, 0.3) is 10.0 Å². The minimum absolute atomic E-state index is 0.0212. The zero-order valence-corrected chi connectivity index (χ0v) is 9.40. The Morgan fingerprint density at radius 1 is 1.29 bits per heavy atom. The van der Waals surface area contributed by atoms with Crippen LogP contribution in [-0.4, -0.2) is 23.4 Å². The first-order chi connectivity index (χ1) is 8.12. The molecule has 2 heterocycles. The molecule has 17 heavy (non-hydrogen) atoms. The summed E-state index contributed by atoms with van der Waals surface area (Å²) in [6, 6.07) is 2.84. The molecule has 2 aromatic heterocycles. The molecule has 0 aliphatic carbocycles. The highest BCUT2D eigenvalue weighted by Crippen LogP contribution is 2.13. The molecule has 2 aromatic rings. The second kappa shape index (κ2) is 4.39. The van der Waals surface area contributed by atoms with Crippen LogP contribution in [0.15, 0.2) is 35.6 Å². The molecule has 0 atom stereocenters. The van der Waals surface area contributed by atoms with Crippen molar-refractivity contribution >= 4 is 21.8 Å². The summed E-state index contributed by atoms with van der Waals surface area (Å²) in [5.74, 6) is 5.65. The third kappa shape index (κ3) is 2.52. The zero-order valence-electron chi connectivity index (χ0n) is 8.58. The van der Waals surface area contributed by atoms with Crippen LogP contribution in [0.5, 0.6) is 0 Å². The number of aromatic amines is 1. The molecule has 90 valence electrons. The number of pyridine rings is 1. The van der Waals surface area contributed by atoms with Crippen LogP contribution in [0.2, 0.25) is 0 Å². The van der Waals surface area contributed by atoms with Crippen molar-refractivity contribution in [3.05, 3.63) is 30.7 Å². The standard InChI is InChI=1S/C8H10N6O2S/c9-13-7-2-1-6(5-12-7)17(15,16)14-8-10-3-4-11-8/h1-5H,9H2,(H,12,13)(H2,10,11,14). The van der Waals surface area contributed by atoms with E-state index in [0.29, 0.717) is 5.82 Å². The minimum Gasteiger partial charge on any atom is -0.330 e. The lowest BCUT2D eigenvalue weighted by Crippen LogP contribution is -2.15. The van der Waals surface area contributed by atoms with E-state index in [4.69, 9.17) is 5.84 Å². The number of hydrogen-bond donors (Lipinski definition) is 4. The third-order valence-electron chi connectivity index (χ3n) is 1.92. The van der Waals surface area contributed by atoms with Gasteiger partial charge >= 0.3 is 0 Å². The van der Waals surface area contributed by atoms with E-state index in [2.05, 4.69) is 25.1 Å². The molecule has 9 heteroatoms. The molecule has 0 saturated heterocycles. The Morgan fingerprint density at radius 3 is 2.65 bits per heavy atom. The van der Waals surface area contributed by atoms with Crippen molar-refractivity contribution in [3.8, 4) is 0 Å². The zero-order chi connectivity index (χ0) is 12.3. The molecule has 0 bridgehead atoms. The summed E-state index contributed by atoms with van der Waals surface area (Å²) in [4.78, 5) is 10.2. The second-order valence-electron chi connectivity index (χ2n) is 3.07. The molecule has 5 N–H and O–H groups in total. The van der Waals surface area contributed by atoms with Gasteiger partial charge in [-0.1, -0.05) is 0 Å². The Kier molecular flexibility index (Phi) is 2.93. The number of H-pyrrole nitrogens is 1. The molecular formula is C8H10N6O2S. The lowest BCUT2D eigenvalue weighted by atomic mass is 10.5. The number of sulfonamides is 1. The van der Waals surface area contributed by atoms with Gasteiger partial charge in [-0.2, -0.15) is 0 Å². The van der Waals surface area contributed by atoms with E-state index in [1.165, 1.54) is 30.7 Å². The summed E-state index contributed by atoms with van der Waals surface area (Å²) in [6.07, 6.45) is 4.15. The Balaban J connectivity index is 2.25. The Bertz CT molecular complexity index is 577. The highest BCUT2D eigenvalue weighted by atomic mass is 32.2. The molecule has 0 radical (unpaired) electrons. The van der Waals surface area contributed by atoms with E-state index in [0.717, 1.165) is 0 Å². The smallest absolute Gasteiger partial charge is 0.265 e. The van der Waals surface area contributed by atoms with Crippen LogP contribution in [0.4, 0.5) is 11.8 Å². The topological polar surface area (TPSA) is 126 Å². The van der Waals surface area contributed by atoms with Crippen LogP contribution >= 0.6 is 0 Å². The van der Waals surface area contributed by atoms with Gasteiger partial charge < -0.3 is 10.4 Å². The average Bonchev–Trinajstić information content (AvgIpc) is 2.81. The van der Waals surface area contributed by atoms with Gasteiger partial charge in [0.05, 0.1) is 0 Å². The first-order valence-electron chi connectivity index (χ1n) is 4.57. The van der Waals surface area contributed by atoms with Crippen molar-refractivity contribution < 1.29 is 8.42 Å². The maximum Gasteiger partial charge on any atom is 0.265 e. The van der Waals surface area contributed by atoms with E-state index in [1.54, 1.807) is 0 Å². The largest absolute Gasteiger partial charge is 0.330 e. The van der Waals surface area contributed by atoms with Crippen LogP contribution in [0.3, 0.4) is 0 Å². The number of anilines is 2. The maximum absolute atomic E-state index is 11.8. The highest BCUT2D eigenvalue weighted by molar-refractivity contribution is 7.92. The predicted octanol–water partition coefficient (Wildman–Crippen LogP) is -0.109. The van der Waals surface area contributed by atoms with E-state index >= 15 is 0 Å². The van der Waals surface area contributed by atoms with Crippen molar-refractivity contribution in [1.82, 2.24) is 15.0 Å². The van der Waals surface area contributed by atoms with Crippen LogP contribution in [0.25, 0.3) is 0 Å². The number of imidazole rings is 1. The fraction of sp³-hybridized carbons (Fsp3) is 0. The first-order valence-corrected chi connectivity index (χ1v) is 6.05. The summed E-state index contributed by atoms with van der Waals surface area (Å²) >= 11 is 0. The van der Waals surface area contributed by atoms with Crippen LogP contribution in [0.1, 0.15) is 0 Å². The van der Waals surface area contributed by atoms with Gasteiger partial charge in [-0.15, -0.1) is 0 Å². The molecule has 0 spiro atoms. The van der Waals surface area contributed by atoms with Gasteiger partial charge in [-0.05, 0) is 12.1 Å². The summed E-state index contributed by atoms with van der Waals surface area (Å²) in [5, 5.41) is 0. The molecule has 0 aliphatic rings. The molecule has 0 aromatic carbocycles. The molecule has 2 rings (SSSR count). The fourth-order valence-electron chi connectivity index (χ4n) is 1.13. The van der Waals surface area contributed by atoms with Crippen LogP contribution in [0, 0.1) is 0 Å². The SMILES string of the molecule is NNc1ccc(S(=O)(=O)Nc2ncc[nH]2)cn1. The molecule has 8 nitrogen and oxygen atoms in total. The van der Waals surface area contributed by atoms with Crippen LogP contribution < -0.4 is 16.0 Å². The fourth-order valence-corrected chi connectivity index (χ4v) is 2.05. The normalized spacial score (nSPS) is 11.1. The Hall–Kier alpha value is -2.13. The summed E-state index contributed by atoms with van der Waals surface area (Å²) < 4.78 is 25.9. The molecule has 0 saturated carbocycles. The van der Waals surface area contributed by atoms with Gasteiger partial charge in [0.15, 0.2) is 0 Å². The van der Waals surface area contributed by atoms with Gasteiger partial charge in [0.2, 0.25) is 5.95 Å². The van der Waals surface area contributed by atoms with E-state index in [9.17, 15) is 8.42 Å². The molecule has 0 fully saturated rings. The first kappa shape index (κ1) is 11.4. The number of nitrogens with zero attached hydrogens (tertiary/aromatic N) is 2. The number of nitrogens with two attached hydrogens (primary N) is 1. The molecule has 0 amide bonds. The number of rotatable bonds is 4. The van der Waals surface area contributed by atoms with Gasteiger partial charge in [0.1, 0.15) is 10.7 Å². The van der Waals surface area contributed by atoms with Crippen molar-refractivity contribution in [2.24, 2.45) is 5.84 Å². The molecule has 0 unspecified atom stereocenters. The van der Waals surface area contributed by atoms with Crippen LogP contribution in [-0.2, 0) is 10.0 Å². The minimum atomic E-state index is -3.68.